The maximum Gasteiger partial charge on any atom is 0.573 e. The summed E-state index contributed by atoms with van der Waals surface area (Å²) in [5, 5.41) is 2.67. The lowest BCUT2D eigenvalue weighted by Gasteiger charge is -2.30. The van der Waals surface area contributed by atoms with Crippen molar-refractivity contribution in [2.24, 2.45) is 16.6 Å². The fourth-order valence-corrected chi connectivity index (χ4v) is 3.10. The number of ether oxygens (including phenoxy) is 1. The number of alkyl halides is 3. The van der Waals surface area contributed by atoms with E-state index in [1.54, 1.807) is 6.07 Å². The summed E-state index contributed by atoms with van der Waals surface area (Å²) in [5.41, 5.74) is 5.91. The van der Waals surface area contributed by atoms with Gasteiger partial charge in [0.2, 0.25) is 0 Å². The molecular weight excluding hydrogens is 472 g/mol. The molecule has 0 amide bonds. The van der Waals surface area contributed by atoms with E-state index in [0.717, 1.165) is 38.4 Å². The SMILES string of the molecule is CC1CCCN(CCCCN=C(N)Nc2ccccc2OC(F)(F)F)C1.I. The Morgan fingerprint density at radius 3 is 2.78 bits per heavy atom. The molecule has 2 rings (SSSR count). The minimum Gasteiger partial charge on any atom is -0.404 e. The second-order valence-corrected chi connectivity index (χ2v) is 6.69. The number of hydrogen-bond donors (Lipinski definition) is 2. The number of guanidine groups is 1. The van der Waals surface area contributed by atoms with Gasteiger partial charge in [-0.05, 0) is 56.8 Å². The molecule has 1 aromatic carbocycles. The monoisotopic (exact) mass is 500 g/mol. The zero-order chi connectivity index (χ0) is 19.0. The van der Waals surface area contributed by atoms with Crippen LogP contribution < -0.4 is 15.8 Å². The Bertz CT molecular complexity index is 598. The molecule has 1 aliphatic heterocycles. The molecule has 5 nitrogen and oxygen atoms in total. The molecule has 0 radical (unpaired) electrons. The third-order valence-corrected chi connectivity index (χ3v) is 4.28. The zero-order valence-electron chi connectivity index (χ0n) is 15.5. The molecule has 1 fully saturated rings. The highest BCUT2D eigenvalue weighted by Crippen LogP contribution is 2.29. The summed E-state index contributed by atoms with van der Waals surface area (Å²) in [6, 6.07) is 5.74. The van der Waals surface area contributed by atoms with Gasteiger partial charge in [-0.2, -0.15) is 0 Å². The van der Waals surface area contributed by atoms with Crippen molar-refractivity contribution < 1.29 is 17.9 Å². The molecule has 1 unspecified atom stereocenters. The minimum atomic E-state index is -4.75. The molecule has 1 aliphatic rings. The van der Waals surface area contributed by atoms with Crippen LogP contribution in [-0.4, -0.2) is 43.4 Å². The number of unbranched alkanes of at least 4 members (excludes halogenated alkanes) is 1. The number of nitrogens with one attached hydrogen (secondary N) is 1. The summed E-state index contributed by atoms with van der Waals surface area (Å²) in [6.45, 7) is 6.18. The van der Waals surface area contributed by atoms with E-state index in [1.165, 1.54) is 31.0 Å². The number of likely N-dealkylation sites (tertiary alicyclic amines) is 1. The van der Waals surface area contributed by atoms with Crippen LogP contribution in [0.2, 0.25) is 0 Å². The van der Waals surface area contributed by atoms with Crippen molar-refractivity contribution in [1.82, 2.24) is 4.90 Å². The van der Waals surface area contributed by atoms with Crippen molar-refractivity contribution in [3.8, 4) is 5.75 Å². The quantitative estimate of drug-likeness (QED) is 0.252. The predicted molar refractivity (Wildman–Crippen MR) is 113 cm³/mol. The van der Waals surface area contributed by atoms with E-state index in [0.29, 0.717) is 6.54 Å². The molecule has 1 atom stereocenters. The highest BCUT2D eigenvalue weighted by molar-refractivity contribution is 14.0. The molecule has 3 N–H and O–H groups in total. The van der Waals surface area contributed by atoms with Crippen molar-refractivity contribution in [1.29, 1.82) is 0 Å². The van der Waals surface area contributed by atoms with E-state index in [-0.39, 0.29) is 41.4 Å². The molecule has 1 heterocycles. The van der Waals surface area contributed by atoms with Gasteiger partial charge in [-0.3, -0.25) is 4.99 Å². The van der Waals surface area contributed by atoms with Gasteiger partial charge in [0.1, 0.15) is 0 Å². The first-order valence-corrected chi connectivity index (χ1v) is 8.97. The molecular formula is C18H28F3IN4O. The summed E-state index contributed by atoms with van der Waals surface area (Å²) >= 11 is 0. The molecule has 9 heteroatoms. The summed E-state index contributed by atoms with van der Waals surface area (Å²) < 4.78 is 41.2. The standard InChI is InChI=1S/C18H27F3N4O.HI/c1-14-7-6-12-25(13-14)11-5-4-10-23-17(22)24-15-8-2-3-9-16(15)26-18(19,20)21;/h2-3,8-9,14H,4-7,10-13H2,1H3,(H3,22,23,24);1H. The van der Waals surface area contributed by atoms with Crippen LogP contribution in [0.1, 0.15) is 32.6 Å². The Morgan fingerprint density at radius 1 is 1.33 bits per heavy atom. The Hall–Kier alpha value is -1.23. The fraction of sp³-hybridized carbons (Fsp3) is 0.611. The van der Waals surface area contributed by atoms with Crippen LogP contribution in [0, 0.1) is 5.92 Å². The molecule has 0 spiro atoms. The number of aliphatic imine (C=N–C) groups is 1. The van der Waals surface area contributed by atoms with E-state index >= 15 is 0 Å². The molecule has 0 saturated carbocycles. The van der Waals surface area contributed by atoms with Gasteiger partial charge in [0.05, 0.1) is 5.69 Å². The number of nitrogens with two attached hydrogens (primary N) is 1. The lowest BCUT2D eigenvalue weighted by molar-refractivity contribution is -0.274. The second kappa shape index (κ2) is 11.6. The largest absolute Gasteiger partial charge is 0.573 e. The lowest BCUT2D eigenvalue weighted by atomic mass is 10.0. The van der Waals surface area contributed by atoms with Crippen LogP contribution in [0.25, 0.3) is 0 Å². The maximum atomic E-state index is 12.4. The fourth-order valence-electron chi connectivity index (χ4n) is 3.10. The Labute approximate surface area is 175 Å². The summed E-state index contributed by atoms with van der Waals surface area (Å²) in [4.78, 5) is 6.66. The zero-order valence-corrected chi connectivity index (χ0v) is 17.8. The van der Waals surface area contributed by atoms with Crippen LogP contribution >= 0.6 is 24.0 Å². The minimum absolute atomic E-state index is 0. The van der Waals surface area contributed by atoms with E-state index in [4.69, 9.17) is 5.73 Å². The average molecular weight is 500 g/mol. The molecule has 154 valence electrons. The van der Waals surface area contributed by atoms with Crippen molar-refractivity contribution in [3.63, 3.8) is 0 Å². The third-order valence-electron chi connectivity index (χ3n) is 4.28. The summed E-state index contributed by atoms with van der Waals surface area (Å²) in [6.07, 6.45) is -0.279. The average Bonchev–Trinajstić information content (AvgIpc) is 2.55. The van der Waals surface area contributed by atoms with Gasteiger partial charge in [-0.25, -0.2) is 0 Å². The number of hydrogen-bond acceptors (Lipinski definition) is 3. The van der Waals surface area contributed by atoms with Gasteiger partial charge in [-0.15, -0.1) is 37.1 Å². The van der Waals surface area contributed by atoms with Crippen LogP contribution in [0.4, 0.5) is 18.9 Å². The Balaban J connectivity index is 0.00000364. The second-order valence-electron chi connectivity index (χ2n) is 6.69. The van der Waals surface area contributed by atoms with Gasteiger partial charge in [0.25, 0.3) is 0 Å². The van der Waals surface area contributed by atoms with Gasteiger partial charge in [0, 0.05) is 13.1 Å². The van der Waals surface area contributed by atoms with E-state index in [9.17, 15) is 13.2 Å². The summed E-state index contributed by atoms with van der Waals surface area (Å²) in [7, 11) is 0. The third kappa shape index (κ3) is 9.50. The molecule has 1 aromatic rings. The number of rotatable bonds is 7. The van der Waals surface area contributed by atoms with Crippen LogP contribution in [0.15, 0.2) is 29.3 Å². The normalized spacial score (nSPS) is 18.7. The predicted octanol–water partition coefficient (Wildman–Crippen LogP) is 4.44. The molecule has 1 saturated heterocycles. The van der Waals surface area contributed by atoms with Crippen LogP contribution in [0.5, 0.6) is 5.75 Å². The highest BCUT2D eigenvalue weighted by Gasteiger charge is 2.32. The van der Waals surface area contributed by atoms with Gasteiger partial charge in [-0.1, -0.05) is 19.1 Å². The van der Waals surface area contributed by atoms with E-state index in [2.05, 4.69) is 26.9 Å². The van der Waals surface area contributed by atoms with Crippen LogP contribution in [0.3, 0.4) is 0 Å². The first-order chi connectivity index (χ1) is 12.3. The number of halogens is 4. The number of nitrogens with zero attached hydrogens (tertiary/aromatic N) is 2. The number of anilines is 1. The first kappa shape index (κ1) is 23.8. The molecule has 27 heavy (non-hydrogen) atoms. The Kier molecular flexibility index (Phi) is 10.2. The van der Waals surface area contributed by atoms with Crippen LogP contribution in [-0.2, 0) is 0 Å². The molecule has 0 aliphatic carbocycles. The van der Waals surface area contributed by atoms with Gasteiger partial charge >= 0.3 is 6.36 Å². The summed E-state index contributed by atoms with van der Waals surface area (Å²) in [5.74, 6) is 0.507. The van der Waals surface area contributed by atoms with Gasteiger partial charge < -0.3 is 20.7 Å². The van der Waals surface area contributed by atoms with E-state index < -0.39 is 6.36 Å². The lowest BCUT2D eigenvalue weighted by Crippen LogP contribution is -2.35. The smallest absolute Gasteiger partial charge is 0.404 e. The maximum absolute atomic E-state index is 12.4. The number of para-hydroxylation sites is 2. The van der Waals surface area contributed by atoms with Crippen molar-refractivity contribution >= 4 is 35.6 Å². The first-order valence-electron chi connectivity index (χ1n) is 8.97. The van der Waals surface area contributed by atoms with Crippen molar-refractivity contribution in [2.45, 2.75) is 39.0 Å². The molecule has 0 aromatic heterocycles. The Morgan fingerprint density at radius 2 is 2.07 bits per heavy atom. The molecule has 0 bridgehead atoms. The topological polar surface area (TPSA) is 62.9 Å². The highest BCUT2D eigenvalue weighted by atomic mass is 127. The number of benzene rings is 1. The number of piperidine rings is 1. The van der Waals surface area contributed by atoms with Crippen molar-refractivity contribution in [3.05, 3.63) is 24.3 Å². The van der Waals surface area contributed by atoms with Crippen molar-refractivity contribution in [2.75, 3.05) is 31.5 Å². The van der Waals surface area contributed by atoms with Gasteiger partial charge in [0.15, 0.2) is 11.7 Å². The van der Waals surface area contributed by atoms with E-state index in [1.807, 2.05) is 0 Å².